The predicted molar refractivity (Wildman–Crippen MR) is 118 cm³/mol. The number of rotatable bonds is 6. The number of nitrogens with one attached hydrogen (secondary N) is 1. The highest BCUT2D eigenvalue weighted by molar-refractivity contribution is 5.53. The minimum absolute atomic E-state index is 0.0424. The molecule has 2 atom stereocenters. The quantitative estimate of drug-likeness (QED) is 0.365. The summed E-state index contributed by atoms with van der Waals surface area (Å²) in [6, 6.07) is 16.7. The molecule has 4 rings (SSSR count). The Morgan fingerprint density at radius 2 is 2.03 bits per heavy atom. The number of allylic oxidation sites excluding steroid dienone is 1. The number of benzene rings is 2. The summed E-state index contributed by atoms with van der Waals surface area (Å²) in [6.45, 7) is 4.61. The largest absolute Gasteiger partial charge is 0.306 e. The molecule has 1 aromatic heterocycles. The number of para-hydroxylation sites is 2. The molecule has 0 amide bonds. The van der Waals surface area contributed by atoms with Crippen LogP contribution in [0.5, 0.6) is 0 Å². The molecule has 0 unspecified atom stereocenters. The molecular weight excluding hydrogens is 390 g/mol. The van der Waals surface area contributed by atoms with Gasteiger partial charge in [0.05, 0.1) is 22.2 Å². The van der Waals surface area contributed by atoms with Gasteiger partial charge in [-0.3, -0.25) is 10.1 Å². The lowest BCUT2D eigenvalue weighted by atomic mass is 9.96. The molecule has 0 spiro atoms. The van der Waals surface area contributed by atoms with Crippen LogP contribution in [0.4, 0.5) is 5.69 Å². The lowest BCUT2D eigenvalue weighted by Crippen LogP contribution is -2.25. The second-order valence-corrected chi connectivity index (χ2v) is 7.77. The topological polar surface area (TPSA) is 96.8 Å². The summed E-state index contributed by atoms with van der Waals surface area (Å²) in [7, 11) is 0. The van der Waals surface area contributed by atoms with Crippen molar-refractivity contribution in [2.24, 2.45) is 0 Å². The van der Waals surface area contributed by atoms with Gasteiger partial charge in [0.15, 0.2) is 0 Å². The van der Waals surface area contributed by atoms with Crippen molar-refractivity contribution in [1.82, 2.24) is 15.1 Å². The van der Waals surface area contributed by atoms with E-state index < -0.39 is 0 Å². The van der Waals surface area contributed by atoms with Crippen LogP contribution in [-0.4, -0.2) is 20.7 Å². The number of aromatic nitrogens is 2. The summed E-state index contributed by atoms with van der Waals surface area (Å²) in [4.78, 5) is 11.1. The van der Waals surface area contributed by atoms with Gasteiger partial charge in [0.1, 0.15) is 5.69 Å². The smallest absolute Gasteiger partial charge is 0.294 e. The highest BCUT2D eigenvalue weighted by Crippen LogP contribution is 2.35. The van der Waals surface area contributed by atoms with E-state index in [-0.39, 0.29) is 22.6 Å². The molecule has 1 aliphatic carbocycles. The maximum absolute atomic E-state index is 11.5. The van der Waals surface area contributed by atoms with Crippen LogP contribution in [0.2, 0.25) is 0 Å². The number of nitriles is 1. The summed E-state index contributed by atoms with van der Waals surface area (Å²) in [5, 5.41) is 28.7. The van der Waals surface area contributed by atoms with Crippen molar-refractivity contribution in [3.05, 3.63) is 98.9 Å². The average molecular weight is 413 g/mol. The van der Waals surface area contributed by atoms with E-state index in [0.29, 0.717) is 17.8 Å². The van der Waals surface area contributed by atoms with Gasteiger partial charge in [0, 0.05) is 35.8 Å². The van der Waals surface area contributed by atoms with Crippen molar-refractivity contribution in [1.29, 1.82) is 5.26 Å². The van der Waals surface area contributed by atoms with Gasteiger partial charge in [0.25, 0.3) is 5.69 Å². The van der Waals surface area contributed by atoms with Crippen LogP contribution in [0.1, 0.15) is 40.4 Å². The summed E-state index contributed by atoms with van der Waals surface area (Å²) in [5.74, 6) is 0.194. The van der Waals surface area contributed by atoms with Crippen LogP contribution in [0.15, 0.2) is 60.7 Å². The van der Waals surface area contributed by atoms with E-state index >= 15 is 0 Å². The van der Waals surface area contributed by atoms with E-state index in [4.69, 9.17) is 5.26 Å². The average Bonchev–Trinajstić information content (AvgIpc) is 3.35. The van der Waals surface area contributed by atoms with Crippen LogP contribution in [0, 0.1) is 35.3 Å². The van der Waals surface area contributed by atoms with Crippen LogP contribution in [0.3, 0.4) is 0 Å². The van der Waals surface area contributed by atoms with Crippen molar-refractivity contribution >= 4 is 5.69 Å². The first kappa shape index (κ1) is 20.5. The van der Waals surface area contributed by atoms with Crippen LogP contribution < -0.4 is 5.32 Å². The molecule has 3 aromatic rings. The van der Waals surface area contributed by atoms with Gasteiger partial charge in [-0.2, -0.15) is 10.4 Å². The van der Waals surface area contributed by atoms with E-state index in [2.05, 4.69) is 28.6 Å². The fourth-order valence-electron chi connectivity index (χ4n) is 4.29. The fourth-order valence-corrected chi connectivity index (χ4v) is 4.29. The first-order valence-corrected chi connectivity index (χ1v) is 10.2. The first-order chi connectivity index (χ1) is 15.0. The molecule has 0 bridgehead atoms. The molecule has 0 saturated carbocycles. The van der Waals surface area contributed by atoms with Gasteiger partial charge in [-0.1, -0.05) is 36.4 Å². The summed E-state index contributed by atoms with van der Waals surface area (Å²) < 4.78 is 1.69. The predicted octanol–water partition coefficient (Wildman–Crippen LogP) is 4.47. The van der Waals surface area contributed by atoms with Crippen molar-refractivity contribution in [2.75, 3.05) is 0 Å². The zero-order valence-corrected chi connectivity index (χ0v) is 17.4. The molecule has 156 valence electrons. The molecule has 1 aliphatic rings. The molecule has 31 heavy (non-hydrogen) atoms. The van der Waals surface area contributed by atoms with E-state index in [0.717, 1.165) is 28.9 Å². The zero-order valence-electron chi connectivity index (χ0n) is 17.4. The van der Waals surface area contributed by atoms with Gasteiger partial charge >= 0.3 is 0 Å². The SMILES string of the molecule is Cc1nn(-c2ccccc2[N+](=O)[O-])c(C)c1[C@@H]1C=C[C@@H](NCc2cccc(C#N)c2)C1. The summed E-state index contributed by atoms with van der Waals surface area (Å²) in [6.07, 6.45) is 5.24. The molecular formula is C24H23N5O2. The number of aryl methyl sites for hydroxylation is 1. The number of nitro benzene ring substituents is 1. The van der Waals surface area contributed by atoms with Crippen molar-refractivity contribution in [3.63, 3.8) is 0 Å². The molecule has 7 nitrogen and oxygen atoms in total. The monoisotopic (exact) mass is 413 g/mol. The first-order valence-electron chi connectivity index (χ1n) is 10.2. The lowest BCUT2D eigenvalue weighted by molar-refractivity contribution is -0.384. The molecule has 7 heteroatoms. The van der Waals surface area contributed by atoms with Crippen molar-refractivity contribution in [3.8, 4) is 11.8 Å². The third-order valence-corrected chi connectivity index (χ3v) is 5.73. The molecule has 1 N–H and O–H groups in total. The minimum Gasteiger partial charge on any atom is -0.306 e. The number of hydrogen-bond acceptors (Lipinski definition) is 5. The van der Waals surface area contributed by atoms with E-state index in [1.807, 2.05) is 32.0 Å². The van der Waals surface area contributed by atoms with E-state index in [1.165, 1.54) is 6.07 Å². The molecule has 0 fully saturated rings. The molecule has 2 aromatic carbocycles. The highest BCUT2D eigenvalue weighted by atomic mass is 16.6. The second-order valence-electron chi connectivity index (χ2n) is 7.77. The van der Waals surface area contributed by atoms with Crippen molar-refractivity contribution < 1.29 is 4.92 Å². The van der Waals surface area contributed by atoms with Gasteiger partial charge in [0.2, 0.25) is 0 Å². The van der Waals surface area contributed by atoms with Crippen LogP contribution in [0.25, 0.3) is 5.69 Å². The standard InChI is InChI=1S/C24H23N5O2/c1-16-24(17(2)28(27-16)22-8-3-4-9-23(22)29(30)31)20-10-11-21(13-20)26-15-19-7-5-6-18(12-19)14-25/h3-12,20-21,26H,13,15H2,1-2H3/t20-,21-/m1/s1. The maximum Gasteiger partial charge on any atom is 0.294 e. The third kappa shape index (κ3) is 4.11. The van der Waals surface area contributed by atoms with Gasteiger partial charge in [-0.05, 0) is 44.0 Å². The Balaban J connectivity index is 1.51. The summed E-state index contributed by atoms with van der Waals surface area (Å²) in [5.41, 5.74) is 5.18. The normalized spacial score (nSPS) is 17.6. The van der Waals surface area contributed by atoms with E-state index in [9.17, 15) is 10.1 Å². The molecule has 1 heterocycles. The maximum atomic E-state index is 11.5. The van der Waals surface area contributed by atoms with Gasteiger partial charge in [-0.15, -0.1) is 0 Å². The Bertz CT molecular complexity index is 1200. The second kappa shape index (κ2) is 8.54. The zero-order chi connectivity index (χ0) is 22.0. The Labute approximate surface area is 180 Å². The highest BCUT2D eigenvalue weighted by Gasteiger charge is 2.27. The van der Waals surface area contributed by atoms with E-state index in [1.54, 1.807) is 28.9 Å². The Morgan fingerprint density at radius 3 is 2.81 bits per heavy atom. The third-order valence-electron chi connectivity index (χ3n) is 5.73. The van der Waals surface area contributed by atoms with Gasteiger partial charge < -0.3 is 5.32 Å². The molecule has 0 aliphatic heterocycles. The minimum atomic E-state index is -0.373. The molecule has 0 radical (unpaired) electrons. The van der Waals surface area contributed by atoms with Crippen LogP contribution >= 0.6 is 0 Å². The fraction of sp³-hybridized carbons (Fsp3) is 0.250. The molecule has 0 saturated heterocycles. The number of nitrogens with zero attached hydrogens (tertiary/aromatic N) is 4. The Hall–Kier alpha value is -3.76. The Morgan fingerprint density at radius 1 is 1.23 bits per heavy atom. The van der Waals surface area contributed by atoms with Gasteiger partial charge in [-0.25, -0.2) is 4.68 Å². The number of hydrogen-bond donors (Lipinski definition) is 1. The van der Waals surface area contributed by atoms with Crippen molar-refractivity contribution in [2.45, 2.75) is 38.8 Å². The number of nitro groups is 1. The summed E-state index contributed by atoms with van der Waals surface area (Å²) >= 11 is 0. The Kier molecular flexibility index (Phi) is 5.65. The van der Waals surface area contributed by atoms with Crippen LogP contribution in [-0.2, 0) is 6.54 Å². The lowest BCUT2D eigenvalue weighted by Gasteiger charge is -2.15.